The molecule has 3 aromatic carbocycles. The van der Waals surface area contributed by atoms with Crippen molar-refractivity contribution in [1.29, 1.82) is 0 Å². The number of halogens is 1. The first-order valence-corrected chi connectivity index (χ1v) is 10.1. The predicted molar refractivity (Wildman–Crippen MR) is 117 cm³/mol. The Morgan fingerprint density at radius 1 is 1.10 bits per heavy atom. The molecule has 1 aromatic heterocycles. The summed E-state index contributed by atoms with van der Waals surface area (Å²) >= 11 is 3.44. The minimum Gasteiger partial charge on any atom is -0.493 e. The lowest BCUT2D eigenvalue weighted by atomic mass is 10.1. The van der Waals surface area contributed by atoms with Gasteiger partial charge in [0.1, 0.15) is 11.3 Å². The number of para-hydroxylation sites is 2. The Balaban J connectivity index is 1.42. The molecule has 1 heterocycles. The molecule has 0 unspecified atom stereocenters. The zero-order valence-corrected chi connectivity index (χ0v) is 17.4. The van der Waals surface area contributed by atoms with Crippen LogP contribution >= 0.6 is 15.9 Å². The summed E-state index contributed by atoms with van der Waals surface area (Å²) in [4.78, 5) is 17.0. The number of rotatable bonds is 6. The van der Waals surface area contributed by atoms with E-state index >= 15 is 0 Å². The molecular weight excluding hydrogens is 432 g/mol. The molecule has 0 radical (unpaired) electrons. The lowest BCUT2D eigenvalue weighted by Gasteiger charge is -2.09. The number of nitrogens with zero attached hydrogens (tertiary/aromatic N) is 1. The Morgan fingerprint density at radius 2 is 1.90 bits per heavy atom. The zero-order chi connectivity index (χ0) is 20.2. The normalized spacial score (nSPS) is 10.8. The van der Waals surface area contributed by atoms with Gasteiger partial charge >= 0.3 is 0 Å². The molecule has 0 aliphatic carbocycles. The largest absolute Gasteiger partial charge is 0.493 e. The molecule has 6 heteroatoms. The van der Waals surface area contributed by atoms with Crippen molar-refractivity contribution in [2.24, 2.45) is 0 Å². The highest BCUT2D eigenvalue weighted by atomic mass is 79.9. The van der Waals surface area contributed by atoms with Crippen molar-refractivity contribution in [3.8, 4) is 5.75 Å². The number of aromatic nitrogens is 1. The molecule has 0 aliphatic rings. The van der Waals surface area contributed by atoms with Crippen molar-refractivity contribution >= 4 is 38.6 Å². The van der Waals surface area contributed by atoms with Gasteiger partial charge in [-0.2, -0.15) is 0 Å². The van der Waals surface area contributed by atoms with Crippen molar-refractivity contribution in [2.45, 2.75) is 13.3 Å². The molecule has 0 bridgehead atoms. The number of oxazole rings is 1. The first-order valence-electron chi connectivity index (χ1n) is 9.29. The van der Waals surface area contributed by atoms with E-state index in [0.29, 0.717) is 30.2 Å². The minimum absolute atomic E-state index is 0.180. The van der Waals surface area contributed by atoms with Crippen LogP contribution in [0.2, 0.25) is 0 Å². The molecule has 1 N–H and O–H groups in total. The number of fused-ring (bicyclic) bond motifs is 1. The number of anilines is 1. The molecule has 4 aromatic rings. The van der Waals surface area contributed by atoms with Gasteiger partial charge in [0, 0.05) is 17.7 Å². The van der Waals surface area contributed by atoms with Crippen molar-refractivity contribution < 1.29 is 13.9 Å². The van der Waals surface area contributed by atoms with Crippen LogP contribution in [0.5, 0.6) is 5.75 Å². The lowest BCUT2D eigenvalue weighted by molar-refractivity contribution is 0.102. The van der Waals surface area contributed by atoms with Gasteiger partial charge in [-0.1, -0.05) is 24.3 Å². The van der Waals surface area contributed by atoms with Crippen molar-refractivity contribution in [3.05, 3.63) is 88.2 Å². The fourth-order valence-electron chi connectivity index (χ4n) is 2.99. The smallest absolute Gasteiger partial charge is 0.255 e. The Morgan fingerprint density at radius 3 is 2.62 bits per heavy atom. The summed E-state index contributed by atoms with van der Waals surface area (Å²) in [7, 11) is 0. The topological polar surface area (TPSA) is 64.4 Å². The number of benzene rings is 3. The van der Waals surface area contributed by atoms with E-state index in [-0.39, 0.29) is 5.91 Å². The van der Waals surface area contributed by atoms with E-state index in [0.717, 1.165) is 26.8 Å². The quantitative estimate of drug-likeness (QED) is 0.401. The SMILES string of the molecule is CCOc1ccc(C(=O)Nc2ccc(Cc3nc4ccccc4o3)cc2)cc1Br. The maximum Gasteiger partial charge on any atom is 0.255 e. The monoisotopic (exact) mass is 450 g/mol. The van der Waals surface area contributed by atoms with E-state index in [1.165, 1.54) is 0 Å². The van der Waals surface area contributed by atoms with Gasteiger partial charge in [-0.3, -0.25) is 4.79 Å². The van der Waals surface area contributed by atoms with E-state index in [1.54, 1.807) is 18.2 Å². The van der Waals surface area contributed by atoms with Gasteiger partial charge in [-0.05, 0) is 70.9 Å². The van der Waals surface area contributed by atoms with Crippen LogP contribution in [0.3, 0.4) is 0 Å². The number of amides is 1. The maximum atomic E-state index is 12.5. The second-order valence-electron chi connectivity index (χ2n) is 6.48. The molecular formula is C23H19BrN2O3. The van der Waals surface area contributed by atoms with Gasteiger partial charge in [0.05, 0.1) is 11.1 Å². The standard InChI is InChI=1S/C23H19BrN2O3/c1-2-28-20-12-9-16(14-18(20)24)23(27)25-17-10-7-15(8-11-17)13-22-26-19-5-3-4-6-21(19)29-22/h3-12,14H,2,13H2,1H3,(H,25,27). The van der Waals surface area contributed by atoms with E-state index < -0.39 is 0 Å². The summed E-state index contributed by atoms with van der Waals surface area (Å²) in [6.45, 7) is 2.49. The third-order valence-electron chi connectivity index (χ3n) is 4.40. The molecule has 29 heavy (non-hydrogen) atoms. The first-order chi connectivity index (χ1) is 14.1. The highest BCUT2D eigenvalue weighted by molar-refractivity contribution is 9.10. The summed E-state index contributed by atoms with van der Waals surface area (Å²) in [5.74, 6) is 1.20. The Hall–Kier alpha value is -3.12. The van der Waals surface area contributed by atoms with Crippen molar-refractivity contribution in [2.75, 3.05) is 11.9 Å². The molecule has 0 atom stereocenters. The second kappa shape index (κ2) is 8.49. The summed E-state index contributed by atoms with van der Waals surface area (Å²) in [6.07, 6.45) is 0.592. The minimum atomic E-state index is -0.180. The van der Waals surface area contributed by atoms with Crippen LogP contribution in [0.15, 0.2) is 75.6 Å². The first kappa shape index (κ1) is 19.2. The molecule has 5 nitrogen and oxygen atoms in total. The number of carbonyl (C=O) groups excluding carboxylic acids is 1. The van der Waals surface area contributed by atoms with Crippen LogP contribution in [-0.4, -0.2) is 17.5 Å². The summed E-state index contributed by atoms with van der Waals surface area (Å²) < 4.78 is 12.0. The van der Waals surface area contributed by atoms with Crippen molar-refractivity contribution in [3.63, 3.8) is 0 Å². The Kier molecular flexibility index (Phi) is 5.62. The number of hydrogen-bond donors (Lipinski definition) is 1. The molecule has 0 aliphatic heterocycles. The highest BCUT2D eigenvalue weighted by Gasteiger charge is 2.10. The van der Waals surface area contributed by atoms with Gasteiger partial charge < -0.3 is 14.5 Å². The summed E-state index contributed by atoms with van der Waals surface area (Å²) in [6, 6.07) is 20.6. The molecule has 4 rings (SSSR count). The zero-order valence-electron chi connectivity index (χ0n) is 15.8. The molecule has 0 saturated heterocycles. The van der Waals surface area contributed by atoms with Crippen LogP contribution in [0.25, 0.3) is 11.1 Å². The van der Waals surface area contributed by atoms with Gasteiger partial charge in [0.15, 0.2) is 11.5 Å². The number of nitrogens with one attached hydrogen (secondary N) is 1. The molecule has 146 valence electrons. The fourth-order valence-corrected chi connectivity index (χ4v) is 3.49. The Labute approximate surface area is 176 Å². The van der Waals surface area contributed by atoms with E-state index in [2.05, 4.69) is 26.2 Å². The van der Waals surface area contributed by atoms with E-state index in [9.17, 15) is 4.79 Å². The average Bonchev–Trinajstić information content (AvgIpc) is 3.13. The van der Waals surface area contributed by atoms with Crippen LogP contribution in [0.1, 0.15) is 28.7 Å². The van der Waals surface area contributed by atoms with E-state index in [1.807, 2.05) is 55.5 Å². The molecule has 0 saturated carbocycles. The van der Waals surface area contributed by atoms with Gasteiger partial charge in [-0.25, -0.2) is 4.98 Å². The molecule has 1 amide bonds. The lowest BCUT2D eigenvalue weighted by Crippen LogP contribution is -2.12. The Bertz CT molecular complexity index is 1120. The predicted octanol–water partition coefficient (Wildman–Crippen LogP) is 5.83. The second-order valence-corrected chi connectivity index (χ2v) is 7.34. The molecule has 0 spiro atoms. The molecule has 0 fully saturated rings. The van der Waals surface area contributed by atoms with Crippen LogP contribution < -0.4 is 10.1 Å². The van der Waals surface area contributed by atoms with Crippen molar-refractivity contribution in [1.82, 2.24) is 4.98 Å². The van der Waals surface area contributed by atoms with Crippen LogP contribution in [0.4, 0.5) is 5.69 Å². The summed E-state index contributed by atoms with van der Waals surface area (Å²) in [5, 5.41) is 2.91. The van der Waals surface area contributed by atoms with E-state index in [4.69, 9.17) is 9.15 Å². The highest BCUT2D eigenvalue weighted by Crippen LogP contribution is 2.26. The van der Waals surface area contributed by atoms with Gasteiger partial charge in [0.25, 0.3) is 5.91 Å². The van der Waals surface area contributed by atoms with Crippen LogP contribution in [-0.2, 0) is 6.42 Å². The van der Waals surface area contributed by atoms with Gasteiger partial charge in [-0.15, -0.1) is 0 Å². The summed E-state index contributed by atoms with van der Waals surface area (Å²) in [5.41, 5.74) is 3.97. The van der Waals surface area contributed by atoms with Crippen LogP contribution in [0, 0.1) is 0 Å². The number of hydrogen-bond acceptors (Lipinski definition) is 4. The number of ether oxygens (including phenoxy) is 1. The van der Waals surface area contributed by atoms with Gasteiger partial charge in [0.2, 0.25) is 0 Å². The third-order valence-corrected chi connectivity index (χ3v) is 5.02. The fraction of sp³-hybridized carbons (Fsp3) is 0.130. The third kappa shape index (κ3) is 4.49. The average molecular weight is 451 g/mol. The number of carbonyl (C=O) groups is 1. The maximum absolute atomic E-state index is 12.5.